The first-order chi connectivity index (χ1) is 8.84. The van der Waals surface area contributed by atoms with Gasteiger partial charge in [-0.25, -0.2) is 0 Å². The third-order valence-electron chi connectivity index (χ3n) is 3.57. The molecule has 108 valence electrons. The van der Waals surface area contributed by atoms with Gasteiger partial charge in [0, 0.05) is 26.4 Å². The van der Waals surface area contributed by atoms with Crippen LogP contribution in [0.2, 0.25) is 0 Å². The monoisotopic (exact) mass is 259 g/mol. The van der Waals surface area contributed by atoms with Crippen LogP contribution >= 0.6 is 0 Å². The lowest BCUT2D eigenvalue weighted by Crippen LogP contribution is -2.36. The fourth-order valence-electron chi connectivity index (χ4n) is 2.43. The number of rotatable bonds is 10. The van der Waals surface area contributed by atoms with Crippen LogP contribution < -0.4 is 5.73 Å². The summed E-state index contributed by atoms with van der Waals surface area (Å²) in [7, 11) is 1.68. The molecule has 0 aromatic carbocycles. The first-order valence-corrected chi connectivity index (χ1v) is 7.24. The van der Waals surface area contributed by atoms with Crippen molar-refractivity contribution in [3.05, 3.63) is 0 Å². The normalized spacial score (nSPS) is 19.0. The van der Waals surface area contributed by atoms with Gasteiger partial charge in [-0.3, -0.25) is 0 Å². The minimum absolute atomic E-state index is 0.222. The first kappa shape index (κ1) is 15.9. The van der Waals surface area contributed by atoms with Gasteiger partial charge < -0.3 is 19.9 Å². The average Bonchev–Trinajstić information content (AvgIpc) is 2.42. The van der Waals surface area contributed by atoms with Gasteiger partial charge in [0.05, 0.1) is 19.8 Å². The quantitative estimate of drug-likeness (QED) is 0.609. The van der Waals surface area contributed by atoms with E-state index >= 15 is 0 Å². The van der Waals surface area contributed by atoms with Crippen LogP contribution in [-0.2, 0) is 14.2 Å². The molecule has 0 heterocycles. The van der Waals surface area contributed by atoms with Crippen molar-refractivity contribution in [2.45, 2.75) is 44.6 Å². The average molecular weight is 259 g/mol. The first-order valence-electron chi connectivity index (χ1n) is 7.24. The molecule has 4 nitrogen and oxygen atoms in total. The summed E-state index contributed by atoms with van der Waals surface area (Å²) in [5.74, 6) is 0.678. The highest BCUT2D eigenvalue weighted by molar-refractivity contribution is 4.75. The second kappa shape index (κ2) is 10.7. The van der Waals surface area contributed by atoms with Crippen molar-refractivity contribution in [3.8, 4) is 0 Å². The van der Waals surface area contributed by atoms with Crippen LogP contribution in [0.1, 0.15) is 38.5 Å². The smallest absolute Gasteiger partial charge is 0.0700 e. The lowest BCUT2D eigenvalue weighted by Gasteiger charge is -2.27. The molecule has 0 spiro atoms. The van der Waals surface area contributed by atoms with E-state index in [1.54, 1.807) is 7.11 Å². The van der Waals surface area contributed by atoms with Crippen molar-refractivity contribution in [3.63, 3.8) is 0 Å². The van der Waals surface area contributed by atoms with Crippen molar-refractivity contribution in [1.29, 1.82) is 0 Å². The topological polar surface area (TPSA) is 53.7 Å². The van der Waals surface area contributed by atoms with Gasteiger partial charge in [0.2, 0.25) is 0 Å². The molecule has 1 aliphatic carbocycles. The van der Waals surface area contributed by atoms with Gasteiger partial charge in [-0.05, 0) is 25.2 Å². The molecule has 0 aromatic rings. The van der Waals surface area contributed by atoms with Gasteiger partial charge in [-0.1, -0.05) is 19.3 Å². The van der Waals surface area contributed by atoms with Crippen LogP contribution in [0, 0.1) is 5.92 Å². The Morgan fingerprint density at radius 3 is 2.44 bits per heavy atom. The molecule has 1 atom stereocenters. The highest BCUT2D eigenvalue weighted by Crippen LogP contribution is 2.25. The van der Waals surface area contributed by atoms with E-state index < -0.39 is 0 Å². The van der Waals surface area contributed by atoms with Crippen LogP contribution in [0.25, 0.3) is 0 Å². The third kappa shape index (κ3) is 7.31. The van der Waals surface area contributed by atoms with Crippen molar-refractivity contribution in [1.82, 2.24) is 0 Å². The molecule has 0 amide bonds. The SMILES string of the molecule is COCCOCCCOCC(N)C1CCCCC1. The van der Waals surface area contributed by atoms with E-state index in [4.69, 9.17) is 19.9 Å². The van der Waals surface area contributed by atoms with Crippen LogP contribution in [0.3, 0.4) is 0 Å². The molecule has 1 rings (SSSR count). The Labute approximate surface area is 111 Å². The summed E-state index contributed by atoms with van der Waals surface area (Å²) in [6, 6.07) is 0.222. The number of hydrogen-bond donors (Lipinski definition) is 1. The molecular weight excluding hydrogens is 230 g/mol. The van der Waals surface area contributed by atoms with Gasteiger partial charge in [-0.15, -0.1) is 0 Å². The summed E-state index contributed by atoms with van der Waals surface area (Å²) in [6.45, 7) is 3.50. The fraction of sp³-hybridized carbons (Fsp3) is 1.00. The largest absolute Gasteiger partial charge is 0.382 e. The highest BCUT2D eigenvalue weighted by Gasteiger charge is 2.20. The van der Waals surface area contributed by atoms with Gasteiger partial charge in [0.25, 0.3) is 0 Å². The van der Waals surface area contributed by atoms with Crippen molar-refractivity contribution < 1.29 is 14.2 Å². The maximum absolute atomic E-state index is 6.16. The minimum atomic E-state index is 0.222. The number of hydrogen-bond acceptors (Lipinski definition) is 4. The summed E-state index contributed by atoms with van der Waals surface area (Å²) in [5.41, 5.74) is 6.16. The van der Waals surface area contributed by atoms with Crippen molar-refractivity contribution in [2.24, 2.45) is 11.7 Å². The molecule has 1 unspecified atom stereocenters. The fourth-order valence-corrected chi connectivity index (χ4v) is 2.43. The van der Waals surface area contributed by atoms with Gasteiger partial charge in [0.15, 0.2) is 0 Å². The zero-order valence-corrected chi connectivity index (χ0v) is 11.7. The van der Waals surface area contributed by atoms with Crippen LogP contribution in [0.4, 0.5) is 0 Å². The predicted octanol–water partition coefficient (Wildman–Crippen LogP) is 1.96. The highest BCUT2D eigenvalue weighted by atomic mass is 16.5. The van der Waals surface area contributed by atoms with Gasteiger partial charge in [0.1, 0.15) is 0 Å². The standard InChI is InChI=1S/C14H29NO3/c1-16-10-11-17-8-5-9-18-12-14(15)13-6-3-2-4-7-13/h13-14H,2-12,15H2,1H3. The Hall–Kier alpha value is -0.160. The van der Waals surface area contributed by atoms with E-state index in [0.29, 0.717) is 25.7 Å². The van der Waals surface area contributed by atoms with Crippen molar-refractivity contribution >= 4 is 0 Å². The Bertz CT molecular complexity index is 184. The molecule has 1 fully saturated rings. The third-order valence-corrected chi connectivity index (χ3v) is 3.57. The number of nitrogens with two attached hydrogens (primary N) is 1. The van der Waals surface area contributed by atoms with E-state index in [1.165, 1.54) is 32.1 Å². The molecule has 4 heteroatoms. The molecule has 1 saturated carbocycles. The maximum atomic E-state index is 6.16. The zero-order valence-electron chi connectivity index (χ0n) is 11.7. The molecule has 2 N–H and O–H groups in total. The molecule has 1 aliphatic rings. The summed E-state index contributed by atoms with van der Waals surface area (Å²) in [6.07, 6.45) is 7.55. The molecule has 18 heavy (non-hydrogen) atoms. The van der Waals surface area contributed by atoms with E-state index in [-0.39, 0.29) is 6.04 Å². The predicted molar refractivity (Wildman–Crippen MR) is 72.7 cm³/mol. The second-order valence-electron chi connectivity index (χ2n) is 5.10. The van der Waals surface area contributed by atoms with E-state index in [9.17, 15) is 0 Å². The molecule has 0 bridgehead atoms. The molecule has 0 saturated heterocycles. The number of ether oxygens (including phenoxy) is 3. The van der Waals surface area contributed by atoms with E-state index in [1.807, 2.05) is 0 Å². The lowest BCUT2D eigenvalue weighted by molar-refractivity contribution is 0.0450. The Morgan fingerprint density at radius 1 is 1.00 bits per heavy atom. The Kier molecular flexibility index (Phi) is 9.48. The molecule has 0 aromatic heterocycles. The summed E-state index contributed by atoms with van der Waals surface area (Å²) in [5, 5.41) is 0. The molecular formula is C14H29NO3. The Balaban J connectivity index is 1.87. The number of methoxy groups -OCH3 is 1. The van der Waals surface area contributed by atoms with Gasteiger partial charge in [-0.2, -0.15) is 0 Å². The second-order valence-corrected chi connectivity index (χ2v) is 5.10. The zero-order chi connectivity index (χ0) is 13.1. The Morgan fingerprint density at radius 2 is 1.72 bits per heavy atom. The maximum Gasteiger partial charge on any atom is 0.0700 e. The molecule has 0 radical (unpaired) electrons. The van der Waals surface area contributed by atoms with E-state index in [0.717, 1.165) is 19.6 Å². The van der Waals surface area contributed by atoms with E-state index in [2.05, 4.69) is 0 Å². The van der Waals surface area contributed by atoms with Gasteiger partial charge >= 0.3 is 0 Å². The minimum Gasteiger partial charge on any atom is -0.382 e. The summed E-state index contributed by atoms with van der Waals surface area (Å²) >= 11 is 0. The summed E-state index contributed by atoms with van der Waals surface area (Å²) in [4.78, 5) is 0. The van der Waals surface area contributed by atoms with Crippen LogP contribution in [0.5, 0.6) is 0 Å². The van der Waals surface area contributed by atoms with Crippen molar-refractivity contribution in [2.75, 3.05) is 40.1 Å². The lowest BCUT2D eigenvalue weighted by atomic mass is 9.84. The summed E-state index contributed by atoms with van der Waals surface area (Å²) < 4.78 is 15.9. The molecule has 0 aliphatic heterocycles. The van der Waals surface area contributed by atoms with Crippen LogP contribution in [0.15, 0.2) is 0 Å². The van der Waals surface area contributed by atoms with Crippen LogP contribution in [-0.4, -0.2) is 46.2 Å².